The van der Waals surface area contributed by atoms with Crippen molar-refractivity contribution in [2.45, 2.75) is 33.2 Å². The second kappa shape index (κ2) is 9.79. The number of anilines is 1. The van der Waals surface area contributed by atoms with E-state index in [0.29, 0.717) is 27.8 Å². The number of benzene rings is 3. The summed E-state index contributed by atoms with van der Waals surface area (Å²) in [6.45, 7) is 3.51. The van der Waals surface area contributed by atoms with Gasteiger partial charge in [-0.05, 0) is 60.5 Å². The van der Waals surface area contributed by atoms with Crippen LogP contribution in [-0.4, -0.2) is 21.2 Å². The van der Waals surface area contributed by atoms with E-state index in [9.17, 15) is 18.8 Å². The maximum atomic E-state index is 13.7. The minimum Gasteiger partial charge on any atom is -0.325 e. The van der Waals surface area contributed by atoms with E-state index in [1.807, 2.05) is 19.1 Å². The number of nitrogens with zero attached hydrogens (tertiary/aromatic N) is 2. The molecule has 1 amide bonds. The first-order chi connectivity index (χ1) is 16.4. The summed E-state index contributed by atoms with van der Waals surface area (Å²) >= 11 is 0. The number of hydrogen-bond acceptors (Lipinski definition) is 4. The Kier molecular flexibility index (Phi) is 6.63. The van der Waals surface area contributed by atoms with Crippen molar-refractivity contribution in [3.05, 3.63) is 94.0 Å². The smallest absolute Gasteiger partial charge is 0.278 e. The molecule has 0 saturated carbocycles. The number of ketones is 1. The lowest BCUT2D eigenvalue weighted by atomic mass is 10.0. The van der Waals surface area contributed by atoms with Crippen LogP contribution < -0.4 is 10.9 Å². The van der Waals surface area contributed by atoms with Crippen molar-refractivity contribution in [2.75, 3.05) is 5.32 Å². The molecule has 4 rings (SSSR count). The topological polar surface area (TPSA) is 81.1 Å². The van der Waals surface area contributed by atoms with E-state index >= 15 is 0 Å². The van der Waals surface area contributed by atoms with Crippen molar-refractivity contribution in [1.29, 1.82) is 0 Å². The summed E-state index contributed by atoms with van der Waals surface area (Å²) in [4.78, 5) is 43.4. The van der Waals surface area contributed by atoms with Crippen molar-refractivity contribution < 1.29 is 14.0 Å². The van der Waals surface area contributed by atoms with Gasteiger partial charge in [0.15, 0.2) is 5.78 Å². The van der Waals surface area contributed by atoms with Gasteiger partial charge in [0.25, 0.3) is 5.56 Å². The van der Waals surface area contributed by atoms with Crippen molar-refractivity contribution in [1.82, 2.24) is 9.55 Å². The Morgan fingerprint density at radius 1 is 1.00 bits per heavy atom. The number of carbonyl (C=O) groups is 2. The third-order valence-corrected chi connectivity index (χ3v) is 5.66. The van der Waals surface area contributed by atoms with Crippen LogP contribution in [0.1, 0.15) is 36.2 Å². The molecule has 7 heteroatoms. The number of nitrogens with one attached hydrogen (secondary N) is 1. The number of halogens is 1. The Bertz CT molecular complexity index is 1440. The number of carbonyl (C=O) groups excluding carboxylic acids is 2. The number of aromatic nitrogens is 2. The van der Waals surface area contributed by atoms with Gasteiger partial charge in [-0.1, -0.05) is 32.0 Å². The Labute approximate surface area is 196 Å². The van der Waals surface area contributed by atoms with Crippen LogP contribution in [-0.2, 0) is 17.8 Å². The van der Waals surface area contributed by atoms with Gasteiger partial charge in [-0.25, -0.2) is 9.37 Å². The van der Waals surface area contributed by atoms with Crippen molar-refractivity contribution in [2.24, 2.45) is 0 Å². The zero-order valence-electron chi connectivity index (χ0n) is 19.0. The number of fused-ring (bicyclic) bond motifs is 1. The molecular formula is C27H24FN3O3. The highest BCUT2D eigenvalue weighted by atomic mass is 19.1. The van der Waals surface area contributed by atoms with Gasteiger partial charge in [0, 0.05) is 17.5 Å². The average Bonchev–Trinajstić information content (AvgIpc) is 2.86. The normalized spacial score (nSPS) is 10.9. The number of aryl methyl sites for hydroxylation is 1. The molecular weight excluding hydrogens is 433 g/mol. The molecule has 0 atom stereocenters. The molecule has 1 aromatic heterocycles. The first-order valence-corrected chi connectivity index (χ1v) is 11.1. The summed E-state index contributed by atoms with van der Waals surface area (Å²) in [5.74, 6) is -0.952. The number of hydrogen-bond donors (Lipinski definition) is 1. The molecule has 1 N–H and O–H groups in total. The fourth-order valence-corrected chi connectivity index (χ4v) is 3.75. The van der Waals surface area contributed by atoms with E-state index in [1.54, 1.807) is 37.3 Å². The lowest BCUT2D eigenvalue weighted by molar-refractivity contribution is -0.115. The summed E-state index contributed by atoms with van der Waals surface area (Å²) in [6, 6.07) is 17.8. The molecule has 6 nitrogen and oxygen atoms in total. The standard InChI is InChI=1S/C27H24FN3O3/c1-3-17-9-14-21(29-25(33)4-2)20(15-17)26-27(34)31(23-8-6-5-7-22(23)30-26)16-24(32)18-10-12-19(28)13-11-18/h5-15H,3-4,16H2,1-2H3,(H,29,33). The van der Waals surface area contributed by atoms with Crippen LogP contribution >= 0.6 is 0 Å². The largest absolute Gasteiger partial charge is 0.325 e. The second-order valence-electron chi connectivity index (χ2n) is 7.91. The molecule has 0 saturated heterocycles. The molecule has 3 aromatic carbocycles. The van der Waals surface area contributed by atoms with Crippen LogP contribution in [0, 0.1) is 5.82 Å². The lowest BCUT2D eigenvalue weighted by Gasteiger charge is -2.15. The van der Waals surface area contributed by atoms with E-state index in [2.05, 4.69) is 10.3 Å². The molecule has 1 heterocycles. The minimum atomic E-state index is -0.450. The molecule has 0 aliphatic heterocycles. The monoisotopic (exact) mass is 457 g/mol. The molecule has 172 valence electrons. The molecule has 0 aliphatic rings. The van der Waals surface area contributed by atoms with Gasteiger partial charge >= 0.3 is 0 Å². The Morgan fingerprint density at radius 3 is 2.44 bits per heavy atom. The maximum absolute atomic E-state index is 13.7. The molecule has 0 unspecified atom stereocenters. The van der Waals surface area contributed by atoms with Crippen molar-refractivity contribution in [3.8, 4) is 11.3 Å². The Morgan fingerprint density at radius 2 is 1.74 bits per heavy atom. The fraction of sp³-hybridized carbons (Fsp3) is 0.185. The summed E-state index contributed by atoms with van der Waals surface area (Å²) in [6.07, 6.45) is 1.02. The summed E-state index contributed by atoms with van der Waals surface area (Å²) < 4.78 is 14.7. The first-order valence-electron chi connectivity index (χ1n) is 11.1. The SMILES string of the molecule is CCC(=O)Nc1ccc(CC)cc1-c1nc2ccccc2n(CC(=O)c2ccc(F)cc2)c1=O. The van der Waals surface area contributed by atoms with E-state index in [-0.39, 0.29) is 30.3 Å². The predicted octanol–water partition coefficient (Wildman–Crippen LogP) is 5.00. The molecule has 0 radical (unpaired) electrons. The molecule has 0 spiro atoms. The third kappa shape index (κ3) is 4.64. The van der Waals surface area contributed by atoms with E-state index < -0.39 is 11.4 Å². The van der Waals surface area contributed by atoms with Gasteiger partial charge in [0.2, 0.25) is 5.91 Å². The second-order valence-corrected chi connectivity index (χ2v) is 7.91. The third-order valence-electron chi connectivity index (χ3n) is 5.66. The highest BCUT2D eigenvalue weighted by Gasteiger charge is 2.19. The van der Waals surface area contributed by atoms with Crippen LogP contribution in [0.25, 0.3) is 22.3 Å². The number of Topliss-reactive ketones (excluding diaryl/α,β-unsaturated/α-hetero) is 1. The van der Waals surface area contributed by atoms with Gasteiger partial charge in [-0.3, -0.25) is 19.0 Å². The summed E-state index contributed by atoms with van der Waals surface area (Å²) in [5.41, 5.74) is 3.02. The van der Waals surface area contributed by atoms with E-state index in [1.165, 1.54) is 28.8 Å². The van der Waals surface area contributed by atoms with Crippen LogP contribution in [0.2, 0.25) is 0 Å². The lowest BCUT2D eigenvalue weighted by Crippen LogP contribution is -2.27. The van der Waals surface area contributed by atoms with Gasteiger partial charge < -0.3 is 5.32 Å². The highest BCUT2D eigenvalue weighted by molar-refractivity contribution is 5.97. The van der Waals surface area contributed by atoms with Gasteiger partial charge in [-0.2, -0.15) is 0 Å². The summed E-state index contributed by atoms with van der Waals surface area (Å²) in [5, 5.41) is 2.85. The number of para-hydroxylation sites is 2. The fourth-order valence-electron chi connectivity index (χ4n) is 3.75. The zero-order valence-corrected chi connectivity index (χ0v) is 19.0. The van der Waals surface area contributed by atoms with Crippen LogP contribution in [0.4, 0.5) is 10.1 Å². The van der Waals surface area contributed by atoms with E-state index in [4.69, 9.17) is 0 Å². The molecule has 34 heavy (non-hydrogen) atoms. The maximum Gasteiger partial charge on any atom is 0.278 e. The van der Waals surface area contributed by atoms with E-state index in [0.717, 1.165) is 12.0 Å². The quantitative estimate of drug-likeness (QED) is 0.396. The zero-order chi connectivity index (χ0) is 24.2. The van der Waals surface area contributed by atoms with Gasteiger partial charge in [-0.15, -0.1) is 0 Å². The number of rotatable bonds is 7. The summed E-state index contributed by atoms with van der Waals surface area (Å²) in [7, 11) is 0. The minimum absolute atomic E-state index is 0.146. The van der Waals surface area contributed by atoms with Crippen LogP contribution in [0.3, 0.4) is 0 Å². The van der Waals surface area contributed by atoms with Gasteiger partial charge in [0.05, 0.1) is 23.3 Å². The van der Waals surface area contributed by atoms with Crippen molar-refractivity contribution in [3.63, 3.8) is 0 Å². The molecule has 4 aromatic rings. The Hall–Kier alpha value is -4.13. The predicted molar refractivity (Wildman–Crippen MR) is 130 cm³/mol. The van der Waals surface area contributed by atoms with Gasteiger partial charge in [0.1, 0.15) is 11.5 Å². The number of amides is 1. The first kappa shape index (κ1) is 23.0. The van der Waals surface area contributed by atoms with Crippen LogP contribution in [0.5, 0.6) is 0 Å². The average molecular weight is 458 g/mol. The Balaban J connectivity index is 1.90. The molecule has 0 aliphatic carbocycles. The highest BCUT2D eigenvalue weighted by Crippen LogP contribution is 2.28. The molecule has 0 bridgehead atoms. The van der Waals surface area contributed by atoms with Crippen molar-refractivity contribution >= 4 is 28.4 Å². The van der Waals surface area contributed by atoms with Crippen LogP contribution in [0.15, 0.2) is 71.5 Å². The molecule has 0 fully saturated rings.